The van der Waals surface area contributed by atoms with Crippen molar-refractivity contribution >= 4 is 5.91 Å². The lowest BCUT2D eigenvalue weighted by molar-refractivity contribution is -0.910. The van der Waals surface area contributed by atoms with Crippen LogP contribution in [0.5, 0.6) is 11.5 Å². The Hall–Kier alpha value is -2.67. The zero-order valence-corrected chi connectivity index (χ0v) is 16.4. The Kier molecular flexibility index (Phi) is 8.19. The summed E-state index contributed by atoms with van der Waals surface area (Å²) in [5.41, 5.74) is 2.56. The molecule has 2 aromatic carbocycles. The Balaban J connectivity index is 2.08. The van der Waals surface area contributed by atoms with E-state index in [0.717, 1.165) is 25.2 Å². The van der Waals surface area contributed by atoms with Crippen LogP contribution in [0, 0.1) is 0 Å². The molecule has 152 valence electrons. The molecule has 0 saturated heterocycles. The smallest absolute Gasteiger partial charge is 0.387 e. The van der Waals surface area contributed by atoms with Gasteiger partial charge < -0.3 is 19.7 Å². The predicted molar refractivity (Wildman–Crippen MR) is 103 cm³/mol. The van der Waals surface area contributed by atoms with Gasteiger partial charge in [-0.05, 0) is 37.6 Å². The number of quaternary nitrogens is 1. The Bertz CT molecular complexity index is 780. The molecular formula is C21H27F2N2O3+. The van der Waals surface area contributed by atoms with E-state index in [4.69, 9.17) is 4.74 Å². The molecule has 1 amide bonds. The van der Waals surface area contributed by atoms with Crippen molar-refractivity contribution in [3.05, 3.63) is 59.2 Å². The van der Waals surface area contributed by atoms with E-state index in [2.05, 4.69) is 30.0 Å². The summed E-state index contributed by atoms with van der Waals surface area (Å²) >= 11 is 0. The standard InChI is InChI=1S/C21H26F2N2O3/c1-4-25(5-2)14-17-9-7-6-8-16(17)13-24-20(26)15-10-11-18(28-21(22)23)19(12-15)27-3/h6-12,21H,4-5,13-14H2,1-3H3,(H,24,26)/p+1. The molecule has 0 radical (unpaired) electrons. The third-order valence-corrected chi connectivity index (χ3v) is 4.64. The van der Waals surface area contributed by atoms with Crippen LogP contribution in [0.1, 0.15) is 35.3 Å². The molecule has 0 unspecified atom stereocenters. The van der Waals surface area contributed by atoms with E-state index in [0.29, 0.717) is 12.1 Å². The van der Waals surface area contributed by atoms with Gasteiger partial charge in [0, 0.05) is 17.7 Å². The second-order valence-electron chi connectivity index (χ2n) is 6.33. The van der Waals surface area contributed by atoms with Crippen molar-refractivity contribution in [2.75, 3.05) is 20.2 Å². The number of benzene rings is 2. The molecule has 0 aliphatic rings. The Morgan fingerprint density at radius 1 is 1.07 bits per heavy atom. The van der Waals surface area contributed by atoms with E-state index in [1.54, 1.807) is 0 Å². The van der Waals surface area contributed by atoms with Gasteiger partial charge in [-0.25, -0.2) is 0 Å². The first-order valence-corrected chi connectivity index (χ1v) is 9.29. The summed E-state index contributed by atoms with van der Waals surface area (Å²) in [4.78, 5) is 14.0. The van der Waals surface area contributed by atoms with E-state index in [-0.39, 0.29) is 17.4 Å². The van der Waals surface area contributed by atoms with Gasteiger partial charge in [0.2, 0.25) is 0 Å². The second kappa shape index (κ2) is 10.6. The quantitative estimate of drug-likeness (QED) is 0.653. The SMILES string of the molecule is CC[NH+](CC)Cc1ccccc1CNC(=O)c1ccc(OC(F)F)c(OC)c1. The normalized spacial score (nSPS) is 11.0. The maximum Gasteiger partial charge on any atom is 0.387 e. The lowest BCUT2D eigenvalue weighted by Crippen LogP contribution is -3.10. The van der Waals surface area contributed by atoms with Gasteiger partial charge in [-0.3, -0.25) is 4.79 Å². The summed E-state index contributed by atoms with van der Waals surface area (Å²) in [5.74, 6) is -0.341. The van der Waals surface area contributed by atoms with Crippen LogP contribution in [0.15, 0.2) is 42.5 Å². The van der Waals surface area contributed by atoms with Crippen molar-refractivity contribution < 1.29 is 27.9 Å². The molecule has 0 aliphatic carbocycles. The van der Waals surface area contributed by atoms with Crippen molar-refractivity contribution in [1.82, 2.24) is 5.32 Å². The number of hydrogen-bond donors (Lipinski definition) is 2. The molecule has 7 heteroatoms. The summed E-state index contributed by atoms with van der Waals surface area (Å²) in [5, 5.41) is 2.88. The van der Waals surface area contributed by atoms with Crippen molar-refractivity contribution in [1.29, 1.82) is 0 Å². The van der Waals surface area contributed by atoms with E-state index in [1.165, 1.54) is 35.8 Å². The molecule has 0 bridgehead atoms. The number of methoxy groups -OCH3 is 1. The van der Waals surface area contributed by atoms with Gasteiger partial charge in [-0.1, -0.05) is 24.3 Å². The molecule has 2 aromatic rings. The molecule has 0 aromatic heterocycles. The average Bonchev–Trinajstić information content (AvgIpc) is 2.70. The maximum absolute atomic E-state index is 12.5. The molecule has 0 spiro atoms. The Labute approximate surface area is 164 Å². The summed E-state index contributed by atoms with van der Waals surface area (Å²) in [6, 6.07) is 12.1. The number of ether oxygens (including phenoxy) is 2. The van der Waals surface area contributed by atoms with Crippen LogP contribution < -0.4 is 19.7 Å². The van der Waals surface area contributed by atoms with Gasteiger partial charge >= 0.3 is 6.61 Å². The molecule has 0 aliphatic heterocycles. The van der Waals surface area contributed by atoms with Crippen LogP contribution in [0.25, 0.3) is 0 Å². The first-order valence-electron chi connectivity index (χ1n) is 9.29. The van der Waals surface area contributed by atoms with Crippen molar-refractivity contribution in [2.45, 2.75) is 33.5 Å². The zero-order valence-electron chi connectivity index (χ0n) is 16.4. The van der Waals surface area contributed by atoms with Gasteiger partial charge in [0.1, 0.15) is 6.54 Å². The molecular weight excluding hydrogens is 366 g/mol. The Morgan fingerprint density at radius 2 is 1.75 bits per heavy atom. The summed E-state index contributed by atoms with van der Waals surface area (Å²) < 4.78 is 34.3. The van der Waals surface area contributed by atoms with Crippen LogP contribution in [-0.2, 0) is 13.1 Å². The lowest BCUT2D eigenvalue weighted by Gasteiger charge is -2.18. The van der Waals surface area contributed by atoms with Crippen LogP contribution >= 0.6 is 0 Å². The third kappa shape index (κ3) is 5.92. The highest BCUT2D eigenvalue weighted by molar-refractivity contribution is 5.94. The number of carbonyl (C=O) groups excluding carboxylic acids is 1. The third-order valence-electron chi connectivity index (χ3n) is 4.64. The number of carbonyl (C=O) groups is 1. The molecule has 5 nitrogen and oxygen atoms in total. The molecule has 2 rings (SSSR count). The average molecular weight is 393 g/mol. The van der Waals surface area contributed by atoms with E-state index in [9.17, 15) is 13.6 Å². The number of hydrogen-bond acceptors (Lipinski definition) is 3. The number of nitrogens with one attached hydrogen (secondary N) is 2. The minimum atomic E-state index is -2.96. The predicted octanol–water partition coefficient (Wildman–Crippen LogP) is 2.65. The first kappa shape index (κ1) is 21.6. The van der Waals surface area contributed by atoms with Crippen LogP contribution in [0.2, 0.25) is 0 Å². The van der Waals surface area contributed by atoms with E-state index in [1.807, 2.05) is 18.2 Å². The van der Waals surface area contributed by atoms with Crippen molar-refractivity contribution in [3.8, 4) is 11.5 Å². The van der Waals surface area contributed by atoms with Gasteiger partial charge in [0.05, 0.1) is 20.2 Å². The largest absolute Gasteiger partial charge is 0.493 e. The minimum absolute atomic E-state index is 0.0819. The molecule has 0 atom stereocenters. The van der Waals surface area contributed by atoms with Gasteiger partial charge in [-0.2, -0.15) is 8.78 Å². The number of halogens is 2. The fourth-order valence-electron chi connectivity index (χ4n) is 2.95. The van der Waals surface area contributed by atoms with Crippen LogP contribution in [0.3, 0.4) is 0 Å². The van der Waals surface area contributed by atoms with Gasteiger partial charge in [0.15, 0.2) is 11.5 Å². The summed E-state index contributed by atoms with van der Waals surface area (Å²) in [6.07, 6.45) is 0. The maximum atomic E-state index is 12.5. The fraction of sp³-hybridized carbons (Fsp3) is 0.381. The zero-order chi connectivity index (χ0) is 20.5. The number of rotatable bonds is 10. The molecule has 2 N–H and O–H groups in total. The monoisotopic (exact) mass is 393 g/mol. The van der Waals surface area contributed by atoms with Gasteiger partial charge in [-0.15, -0.1) is 0 Å². The molecule has 28 heavy (non-hydrogen) atoms. The Morgan fingerprint density at radius 3 is 2.36 bits per heavy atom. The minimum Gasteiger partial charge on any atom is -0.493 e. The fourth-order valence-corrected chi connectivity index (χ4v) is 2.95. The second-order valence-corrected chi connectivity index (χ2v) is 6.33. The molecule has 0 fully saturated rings. The highest BCUT2D eigenvalue weighted by Crippen LogP contribution is 2.29. The van der Waals surface area contributed by atoms with E-state index < -0.39 is 6.61 Å². The topological polar surface area (TPSA) is 52.0 Å². The number of amides is 1. The first-order chi connectivity index (χ1) is 13.5. The van der Waals surface area contributed by atoms with Crippen LogP contribution in [0.4, 0.5) is 8.78 Å². The van der Waals surface area contributed by atoms with E-state index >= 15 is 0 Å². The summed E-state index contributed by atoms with van der Waals surface area (Å²) in [6.45, 7) is 4.68. The van der Waals surface area contributed by atoms with Gasteiger partial charge in [0.25, 0.3) is 5.91 Å². The van der Waals surface area contributed by atoms with Crippen LogP contribution in [-0.4, -0.2) is 32.7 Å². The highest BCUT2D eigenvalue weighted by Gasteiger charge is 2.15. The highest BCUT2D eigenvalue weighted by atomic mass is 19.3. The summed E-state index contributed by atoms with van der Waals surface area (Å²) in [7, 11) is 1.33. The lowest BCUT2D eigenvalue weighted by atomic mass is 10.1. The van der Waals surface area contributed by atoms with Crippen molar-refractivity contribution in [3.63, 3.8) is 0 Å². The van der Waals surface area contributed by atoms with Crippen molar-refractivity contribution in [2.24, 2.45) is 0 Å². The molecule has 0 heterocycles. The molecule has 0 saturated carbocycles. The number of alkyl halides is 2.